The van der Waals surface area contributed by atoms with Crippen LogP contribution in [0.4, 0.5) is 0 Å². The van der Waals surface area contributed by atoms with Crippen LogP contribution >= 0.6 is 0 Å². The van der Waals surface area contributed by atoms with E-state index in [0.717, 1.165) is 0 Å². The predicted molar refractivity (Wildman–Crippen MR) is 48.0 cm³/mol. The number of esters is 1. The summed E-state index contributed by atoms with van der Waals surface area (Å²) in [7, 11) is 0. The Balaban J connectivity index is -0.000000309. The van der Waals surface area contributed by atoms with Crippen molar-refractivity contribution in [2.75, 3.05) is 6.61 Å². The molecule has 7 heteroatoms. The molecule has 0 spiro atoms. The molecule has 0 heterocycles. The van der Waals surface area contributed by atoms with E-state index in [9.17, 15) is 4.79 Å². The summed E-state index contributed by atoms with van der Waals surface area (Å²) >= 11 is 0. The van der Waals surface area contributed by atoms with Gasteiger partial charge in [0.1, 0.15) is 5.60 Å². The summed E-state index contributed by atoms with van der Waals surface area (Å²) < 4.78 is 4.83. The Morgan fingerprint density at radius 1 is 1.31 bits per heavy atom. The molecule has 0 aliphatic carbocycles. The van der Waals surface area contributed by atoms with Crippen LogP contribution in [0.1, 0.15) is 20.8 Å². The molecule has 0 aromatic carbocycles. The van der Waals surface area contributed by atoms with Crippen molar-refractivity contribution in [1.29, 1.82) is 0 Å². The summed E-state index contributed by atoms with van der Waals surface area (Å²) in [5.41, 5.74) is -0.463. The molecule has 0 aliphatic heterocycles. The maximum Gasteiger partial charge on any atom is 0.334 e. The van der Waals surface area contributed by atoms with Crippen LogP contribution in [0.3, 0.4) is 0 Å². The molecule has 0 fully saturated rings. The second-order valence-corrected chi connectivity index (χ2v) is 2.90. The fourth-order valence-corrected chi connectivity index (χ4v) is 0.439. The molecular formula is C6H19N3O4. The van der Waals surface area contributed by atoms with Crippen LogP contribution in [0.5, 0.6) is 0 Å². The molecule has 7 nitrogen and oxygen atoms in total. The highest BCUT2D eigenvalue weighted by Crippen LogP contribution is 2.06. The van der Waals surface area contributed by atoms with E-state index in [1.54, 1.807) is 20.8 Å². The summed E-state index contributed by atoms with van der Waals surface area (Å²) in [6.45, 7) is 5.14. The van der Waals surface area contributed by atoms with Crippen molar-refractivity contribution in [2.45, 2.75) is 26.4 Å². The van der Waals surface area contributed by atoms with E-state index in [4.69, 9.17) is 4.74 Å². The van der Waals surface area contributed by atoms with E-state index in [1.165, 1.54) is 0 Å². The van der Waals surface area contributed by atoms with Crippen molar-refractivity contribution in [2.24, 2.45) is 17.6 Å². The summed E-state index contributed by atoms with van der Waals surface area (Å²) in [5, 5.41) is 0. The molecule has 8 N–H and O–H groups in total. The minimum absolute atomic E-state index is 0. The first-order valence-corrected chi connectivity index (χ1v) is 3.32. The Kier molecular flexibility index (Phi) is 13.1. The minimum atomic E-state index is -0.463. The SMILES string of the molecule is CC(C)(C)OC(=O)CON.NN.O. The van der Waals surface area contributed by atoms with Crippen LogP contribution in [-0.4, -0.2) is 23.7 Å². The smallest absolute Gasteiger partial charge is 0.334 e. The van der Waals surface area contributed by atoms with Gasteiger partial charge in [-0.25, -0.2) is 10.7 Å². The second-order valence-electron chi connectivity index (χ2n) is 2.90. The van der Waals surface area contributed by atoms with Crippen LogP contribution < -0.4 is 17.6 Å². The van der Waals surface area contributed by atoms with Crippen molar-refractivity contribution >= 4 is 5.97 Å². The molecule has 0 rings (SSSR count). The molecule has 0 atom stereocenters. The van der Waals surface area contributed by atoms with Gasteiger partial charge in [-0.15, -0.1) is 0 Å². The van der Waals surface area contributed by atoms with Gasteiger partial charge < -0.3 is 10.2 Å². The van der Waals surface area contributed by atoms with Crippen molar-refractivity contribution in [3.05, 3.63) is 0 Å². The molecule has 13 heavy (non-hydrogen) atoms. The van der Waals surface area contributed by atoms with Crippen LogP contribution in [0, 0.1) is 0 Å². The van der Waals surface area contributed by atoms with Gasteiger partial charge in [0.25, 0.3) is 0 Å². The lowest BCUT2D eigenvalue weighted by Gasteiger charge is -2.18. The lowest BCUT2D eigenvalue weighted by molar-refractivity contribution is -0.160. The highest BCUT2D eigenvalue weighted by molar-refractivity contribution is 5.71. The topological polar surface area (TPSA) is 145 Å². The Bertz CT molecular complexity index is 124. The van der Waals surface area contributed by atoms with Gasteiger partial charge in [-0.2, -0.15) is 0 Å². The summed E-state index contributed by atoms with van der Waals surface area (Å²) in [5.74, 6) is 12.2. The average Bonchev–Trinajstić information content (AvgIpc) is 1.88. The van der Waals surface area contributed by atoms with Crippen LogP contribution in [0.2, 0.25) is 0 Å². The molecule has 0 unspecified atom stereocenters. The van der Waals surface area contributed by atoms with Crippen LogP contribution in [0.15, 0.2) is 0 Å². The van der Waals surface area contributed by atoms with Crippen molar-refractivity contribution in [3.63, 3.8) is 0 Å². The quantitative estimate of drug-likeness (QED) is 0.271. The Hall–Kier alpha value is -0.730. The lowest BCUT2D eigenvalue weighted by atomic mass is 10.2. The lowest BCUT2D eigenvalue weighted by Crippen LogP contribution is -2.27. The van der Waals surface area contributed by atoms with E-state index in [-0.39, 0.29) is 12.1 Å². The van der Waals surface area contributed by atoms with Gasteiger partial charge in [-0.1, -0.05) is 0 Å². The van der Waals surface area contributed by atoms with Gasteiger partial charge >= 0.3 is 5.97 Å². The zero-order chi connectivity index (χ0) is 10.2. The molecule has 0 saturated carbocycles. The summed E-state index contributed by atoms with van der Waals surface area (Å²) in [6, 6.07) is 0. The maximum atomic E-state index is 10.6. The molecular weight excluding hydrogens is 178 g/mol. The van der Waals surface area contributed by atoms with Gasteiger partial charge in [-0.3, -0.25) is 16.5 Å². The maximum absolute atomic E-state index is 10.6. The van der Waals surface area contributed by atoms with E-state index < -0.39 is 11.6 Å². The van der Waals surface area contributed by atoms with E-state index in [1.807, 2.05) is 0 Å². The molecule has 0 aromatic heterocycles. The third-order valence-corrected chi connectivity index (χ3v) is 0.621. The normalized spacial score (nSPS) is 9.08. The average molecular weight is 197 g/mol. The molecule has 0 aliphatic rings. The fraction of sp³-hybridized carbons (Fsp3) is 0.833. The number of nitrogens with two attached hydrogens (primary N) is 3. The zero-order valence-electron chi connectivity index (χ0n) is 8.16. The number of carbonyl (C=O) groups excluding carboxylic acids is 1. The highest BCUT2D eigenvalue weighted by Gasteiger charge is 2.15. The van der Waals surface area contributed by atoms with E-state index >= 15 is 0 Å². The minimum Gasteiger partial charge on any atom is -0.458 e. The first kappa shape index (κ1) is 18.1. The highest BCUT2D eigenvalue weighted by atomic mass is 16.6. The number of hydrogen-bond donors (Lipinski definition) is 3. The zero-order valence-corrected chi connectivity index (χ0v) is 8.16. The van der Waals surface area contributed by atoms with Gasteiger partial charge in [0.15, 0.2) is 6.61 Å². The first-order valence-electron chi connectivity index (χ1n) is 3.32. The Morgan fingerprint density at radius 3 is 1.92 bits per heavy atom. The van der Waals surface area contributed by atoms with Gasteiger partial charge in [0, 0.05) is 0 Å². The van der Waals surface area contributed by atoms with Crippen molar-refractivity contribution in [3.8, 4) is 0 Å². The van der Waals surface area contributed by atoms with E-state index in [0.29, 0.717) is 0 Å². The predicted octanol–water partition coefficient (Wildman–Crippen LogP) is -1.79. The largest absolute Gasteiger partial charge is 0.458 e. The van der Waals surface area contributed by atoms with Gasteiger partial charge in [-0.05, 0) is 20.8 Å². The third-order valence-electron chi connectivity index (χ3n) is 0.621. The number of rotatable bonds is 2. The second kappa shape index (κ2) is 9.36. The van der Waals surface area contributed by atoms with Crippen molar-refractivity contribution < 1.29 is 19.8 Å². The van der Waals surface area contributed by atoms with Crippen LogP contribution in [0.25, 0.3) is 0 Å². The standard InChI is InChI=1S/C6H13NO3.H4N2.H2O/c1-6(2,3)10-5(8)4-9-7;1-2;/h4,7H2,1-3H3;1-2H2;1H2. The monoisotopic (exact) mass is 197 g/mol. The summed E-state index contributed by atoms with van der Waals surface area (Å²) in [6.07, 6.45) is 0. The van der Waals surface area contributed by atoms with Crippen LogP contribution in [-0.2, 0) is 14.4 Å². The molecule has 0 aromatic rings. The van der Waals surface area contributed by atoms with E-state index in [2.05, 4.69) is 22.4 Å². The Labute approximate surface area is 77.4 Å². The fourth-order valence-electron chi connectivity index (χ4n) is 0.439. The Morgan fingerprint density at radius 2 is 1.69 bits per heavy atom. The number of ether oxygens (including phenoxy) is 1. The number of hydrogen-bond acceptors (Lipinski definition) is 6. The molecule has 0 saturated heterocycles. The first-order chi connectivity index (χ1) is 5.45. The number of hydrazine groups is 1. The third kappa shape index (κ3) is 18.3. The molecule has 0 radical (unpaired) electrons. The van der Waals surface area contributed by atoms with Gasteiger partial charge in [0.2, 0.25) is 0 Å². The van der Waals surface area contributed by atoms with Gasteiger partial charge in [0.05, 0.1) is 0 Å². The molecule has 0 bridgehead atoms. The molecule has 0 amide bonds. The number of carbonyl (C=O) groups is 1. The van der Waals surface area contributed by atoms with Crippen molar-refractivity contribution in [1.82, 2.24) is 0 Å². The molecule has 82 valence electrons. The summed E-state index contributed by atoms with van der Waals surface area (Å²) in [4.78, 5) is 14.7.